The fraction of sp³-hybridized carbons (Fsp3) is 0.263. The normalized spacial score (nSPS) is 11.3. The van der Waals surface area contributed by atoms with E-state index in [-0.39, 0.29) is 16.4 Å². The van der Waals surface area contributed by atoms with E-state index >= 15 is 0 Å². The highest BCUT2D eigenvalue weighted by atomic mass is 32.2. The molecule has 0 heterocycles. The molecule has 27 heavy (non-hydrogen) atoms. The van der Waals surface area contributed by atoms with Crippen molar-refractivity contribution in [2.75, 3.05) is 27.7 Å². The second-order valence-electron chi connectivity index (χ2n) is 6.13. The molecular formula is C19H22N2O5S. The largest absolute Gasteiger partial charge is 0.452 e. The number of benzene rings is 2. The van der Waals surface area contributed by atoms with Gasteiger partial charge in [-0.25, -0.2) is 17.5 Å². The molecule has 0 spiro atoms. The van der Waals surface area contributed by atoms with E-state index in [9.17, 15) is 18.0 Å². The monoisotopic (exact) mass is 390 g/mol. The number of ether oxygens (including phenoxy) is 1. The smallest absolute Gasteiger partial charge is 0.338 e. The van der Waals surface area contributed by atoms with E-state index in [1.807, 2.05) is 30.3 Å². The summed E-state index contributed by atoms with van der Waals surface area (Å²) in [6, 6.07) is 15.0. The summed E-state index contributed by atoms with van der Waals surface area (Å²) in [6.07, 6.45) is 0. The maximum atomic E-state index is 12.2. The Bertz CT molecular complexity index is 911. The van der Waals surface area contributed by atoms with E-state index in [2.05, 4.69) is 0 Å². The van der Waals surface area contributed by atoms with Crippen molar-refractivity contribution in [1.82, 2.24) is 9.21 Å². The average molecular weight is 390 g/mol. The molecule has 0 aliphatic carbocycles. The second kappa shape index (κ2) is 8.79. The van der Waals surface area contributed by atoms with E-state index in [1.165, 1.54) is 43.3 Å². The van der Waals surface area contributed by atoms with Gasteiger partial charge in [0.1, 0.15) is 0 Å². The summed E-state index contributed by atoms with van der Waals surface area (Å²) in [5, 5.41) is 0. The van der Waals surface area contributed by atoms with E-state index in [0.29, 0.717) is 6.54 Å². The number of nitrogens with zero attached hydrogens (tertiary/aromatic N) is 2. The third-order valence-corrected chi connectivity index (χ3v) is 5.67. The summed E-state index contributed by atoms with van der Waals surface area (Å²) < 4.78 is 30.4. The van der Waals surface area contributed by atoms with Crippen molar-refractivity contribution in [1.29, 1.82) is 0 Å². The standard InChI is InChI=1S/C19H22N2O5S/c1-20(2)27(24,25)17-11-7-10-16(12-17)19(23)26-14-18(22)21(3)13-15-8-5-4-6-9-15/h4-12H,13-14H2,1-3H3. The molecule has 0 aliphatic heterocycles. The summed E-state index contributed by atoms with van der Waals surface area (Å²) in [6.45, 7) is -0.0272. The lowest BCUT2D eigenvalue weighted by Crippen LogP contribution is -2.30. The Balaban J connectivity index is 1.98. The van der Waals surface area contributed by atoms with Crippen LogP contribution in [0.2, 0.25) is 0 Å². The Hall–Kier alpha value is -2.71. The van der Waals surface area contributed by atoms with E-state index in [0.717, 1.165) is 9.87 Å². The summed E-state index contributed by atoms with van der Waals surface area (Å²) in [5.41, 5.74) is 1.03. The summed E-state index contributed by atoms with van der Waals surface area (Å²) >= 11 is 0. The molecular weight excluding hydrogens is 368 g/mol. The lowest BCUT2D eigenvalue weighted by molar-refractivity contribution is -0.133. The van der Waals surface area contributed by atoms with Gasteiger partial charge in [0, 0.05) is 27.7 Å². The van der Waals surface area contributed by atoms with Crippen LogP contribution in [-0.2, 0) is 26.1 Å². The number of amides is 1. The van der Waals surface area contributed by atoms with Crippen molar-refractivity contribution in [3.63, 3.8) is 0 Å². The molecule has 2 aromatic carbocycles. The van der Waals surface area contributed by atoms with Crippen LogP contribution in [0.4, 0.5) is 0 Å². The zero-order valence-corrected chi connectivity index (χ0v) is 16.3. The highest BCUT2D eigenvalue weighted by Gasteiger charge is 2.20. The van der Waals surface area contributed by atoms with Gasteiger partial charge in [0.2, 0.25) is 10.0 Å². The topological polar surface area (TPSA) is 84.0 Å². The number of hydrogen-bond acceptors (Lipinski definition) is 5. The first-order chi connectivity index (χ1) is 12.7. The van der Waals surface area contributed by atoms with Crippen molar-refractivity contribution < 1.29 is 22.7 Å². The molecule has 2 aromatic rings. The second-order valence-corrected chi connectivity index (χ2v) is 8.28. The van der Waals surface area contributed by atoms with Crippen LogP contribution in [0.15, 0.2) is 59.5 Å². The minimum absolute atomic E-state index is 0.0190. The van der Waals surface area contributed by atoms with Crippen LogP contribution in [0, 0.1) is 0 Å². The van der Waals surface area contributed by atoms with Gasteiger partial charge in [-0.2, -0.15) is 0 Å². The van der Waals surface area contributed by atoms with Crippen LogP contribution in [-0.4, -0.2) is 57.2 Å². The van der Waals surface area contributed by atoms with E-state index < -0.39 is 22.6 Å². The summed E-state index contributed by atoms with van der Waals surface area (Å²) in [4.78, 5) is 25.8. The van der Waals surface area contributed by atoms with Gasteiger partial charge >= 0.3 is 5.97 Å². The minimum atomic E-state index is -3.66. The van der Waals surface area contributed by atoms with Crippen molar-refractivity contribution in [3.8, 4) is 0 Å². The number of rotatable bonds is 7. The molecule has 0 radical (unpaired) electrons. The van der Waals surface area contributed by atoms with Crippen LogP contribution in [0.3, 0.4) is 0 Å². The lowest BCUT2D eigenvalue weighted by Gasteiger charge is -2.17. The van der Waals surface area contributed by atoms with Gasteiger partial charge in [-0.1, -0.05) is 36.4 Å². The SMILES string of the molecule is CN(Cc1ccccc1)C(=O)COC(=O)c1cccc(S(=O)(=O)N(C)C)c1. The predicted molar refractivity (Wildman–Crippen MR) is 101 cm³/mol. The first kappa shape index (κ1) is 20.6. The van der Waals surface area contributed by atoms with Gasteiger partial charge in [-0.05, 0) is 23.8 Å². The highest BCUT2D eigenvalue weighted by molar-refractivity contribution is 7.89. The number of sulfonamides is 1. The van der Waals surface area contributed by atoms with Crippen molar-refractivity contribution >= 4 is 21.9 Å². The van der Waals surface area contributed by atoms with E-state index in [1.54, 1.807) is 7.05 Å². The molecule has 0 fully saturated rings. The number of hydrogen-bond donors (Lipinski definition) is 0. The van der Waals surface area contributed by atoms with Crippen molar-refractivity contribution in [2.24, 2.45) is 0 Å². The number of likely N-dealkylation sites (N-methyl/N-ethyl adjacent to an activating group) is 1. The summed E-state index contributed by atoms with van der Waals surface area (Å²) in [5.74, 6) is -1.11. The predicted octanol–water partition coefficient (Wildman–Crippen LogP) is 1.75. The molecule has 0 aromatic heterocycles. The molecule has 0 saturated heterocycles. The molecule has 0 N–H and O–H groups in total. The third-order valence-electron chi connectivity index (χ3n) is 3.86. The van der Waals surface area contributed by atoms with Gasteiger partial charge in [0.25, 0.3) is 5.91 Å². The molecule has 0 unspecified atom stereocenters. The zero-order chi connectivity index (χ0) is 20.0. The highest BCUT2D eigenvalue weighted by Crippen LogP contribution is 2.15. The molecule has 8 heteroatoms. The fourth-order valence-electron chi connectivity index (χ4n) is 2.26. The third kappa shape index (κ3) is 5.38. The molecule has 0 atom stereocenters. The van der Waals surface area contributed by atoms with Crippen molar-refractivity contribution in [3.05, 3.63) is 65.7 Å². The van der Waals surface area contributed by atoms with Crippen LogP contribution in [0.1, 0.15) is 15.9 Å². The first-order valence-corrected chi connectivity index (χ1v) is 9.63. The van der Waals surface area contributed by atoms with Gasteiger partial charge in [-0.3, -0.25) is 4.79 Å². The molecule has 1 amide bonds. The van der Waals surface area contributed by atoms with E-state index in [4.69, 9.17) is 4.74 Å². The summed E-state index contributed by atoms with van der Waals surface area (Å²) in [7, 11) is 0.765. The Morgan fingerprint density at radius 1 is 0.963 bits per heavy atom. The Kier molecular flexibility index (Phi) is 6.70. The van der Waals surface area contributed by atoms with Gasteiger partial charge in [0.05, 0.1) is 10.5 Å². The van der Waals surface area contributed by atoms with Crippen LogP contribution >= 0.6 is 0 Å². The lowest BCUT2D eigenvalue weighted by atomic mass is 10.2. The van der Waals surface area contributed by atoms with Crippen LogP contribution in [0.25, 0.3) is 0 Å². The first-order valence-electron chi connectivity index (χ1n) is 8.19. The number of carbonyl (C=O) groups excluding carboxylic acids is 2. The number of carbonyl (C=O) groups is 2. The van der Waals surface area contributed by atoms with Crippen LogP contribution in [0.5, 0.6) is 0 Å². The molecule has 0 aliphatic rings. The van der Waals surface area contributed by atoms with Gasteiger partial charge < -0.3 is 9.64 Å². The maximum absolute atomic E-state index is 12.2. The Morgan fingerprint density at radius 3 is 2.26 bits per heavy atom. The minimum Gasteiger partial charge on any atom is -0.452 e. The van der Waals surface area contributed by atoms with Gasteiger partial charge in [0.15, 0.2) is 6.61 Å². The Labute approximate surface area is 159 Å². The van der Waals surface area contributed by atoms with Crippen LogP contribution < -0.4 is 0 Å². The number of esters is 1. The molecule has 7 nitrogen and oxygen atoms in total. The van der Waals surface area contributed by atoms with Gasteiger partial charge in [-0.15, -0.1) is 0 Å². The Morgan fingerprint density at radius 2 is 1.63 bits per heavy atom. The maximum Gasteiger partial charge on any atom is 0.338 e. The fourth-order valence-corrected chi connectivity index (χ4v) is 3.21. The average Bonchev–Trinajstić information content (AvgIpc) is 2.66. The molecule has 0 bridgehead atoms. The quantitative estimate of drug-likeness (QED) is 0.673. The zero-order valence-electron chi connectivity index (χ0n) is 15.5. The molecule has 2 rings (SSSR count). The molecule has 0 saturated carbocycles. The molecule has 144 valence electrons. The van der Waals surface area contributed by atoms with Crippen molar-refractivity contribution in [2.45, 2.75) is 11.4 Å².